The van der Waals surface area contributed by atoms with Gasteiger partial charge in [0.05, 0.1) is 0 Å². The summed E-state index contributed by atoms with van der Waals surface area (Å²) in [6, 6.07) is 0.405. The van der Waals surface area contributed by atoms with Gasteiger partial charge in [0.1, 0.15) is 0 Å². The van der Waals surface area contributed by atoms with Crippen molar-refractivity contribution in [2.75, 3.05) is 0 Å². The first-order valence-corrected chi connectivity index (χ1v) is 6.99. The molecule has 1 aliphatic carbocycles. The number of hydrogen-bond donors (Lipinski definition) is 2. The molecule has 0 radical (unpaired) electrons. The lowest BCUT2D eigenvalue weighted by Crippen LogP contribution is -2.40. The van der Waals surface area contributed by atoms with Gasteiger partial charge in [-0.2, -0.15) is 0 Å². The summed E-state index contributed by atoms with van der Waals surface area (Å²) in [6.07, 6.45) is 7.44. The molecule has 1 fully saturated rings. The van der Waals surface area contributed by atoms with Crippen molar-refractivity contribution in [3.63, 3.8) is 0 Å². The molecule has 0 aliphatic heterocycles. The molecule has 2 unspecified atom stereocenters. The maximum atomic E-state index is 11.8. The molecule has 0 aromatic heterocycles. The van der Waals surface area contributed by atoms with Crippen LogP contribution in [0.1, 0.15) is 65.7 Å². The van der Waals surface area contributed by atoms with Crippen molar-refractivity contribution in [1.82, 2.24) is 5.32 Å². The number of nitrogens with one attached hydrogen (secondary N) is 1. The molecular formula is C14H28N2O. The summed E-state index contributed by atoms with van der Waals surface area (Å²) in [6.45, 7) is 6.17. The van der Waals surface area contributed by atoms with Crippen molar-refractivity contribution in [1.29, 1.82) is 0 Å². The monoisotopic (exact) mass is 240 g/mol. The molecule has 0 spiro atoms. The van der Waals surface area contributed by atoms with Gasteiger partial charge in [-0.25, -0.2) is 0 Å². The smallest absolute Gasteiger partial charge is 0.220 e. The third-order valence-electron chi connectivity index (χ3n) is 3.72. The number of rotatable bonds is 5. The van der Waals surface area contributed by atoms with Crippen LogP contribution in [0.4, 0.5) is 0 Å². The molecule has 0 bridgehead atoms. The van der Waals surface area contributed by atoms with Crippen LogP contribution in [-0.2, 0) is 4.79 Å². The van der Waals surface area contributed by atoms with Crippen molar-refractivity contribution >= 4 is 5.91 Å². The van der Waals surface area contributed by atoms with Gasteiger partial charge in [0.15, 0.2) is 0 Å². The molecule has 1 rings (SSSR count). The zero-order chi connectivity index (χ0) is 12.9. The molecular weight excluding hydrogens is 212 g/mol. The number of carbonyl (C=O) groups is 1. The zero-order valence-electron chi connectivity index (χ0n) is 11.6. The van der Waals surface area contributed by atoms with Gasteiger partial charge in [-0.3, -0.25) is 4.79 Å². The minimum Gasteiger partial charge on any atom is -0.353 e. The number of nitrogens with two attached hydrogens (primary N) is 1. The summed E-state index contributed by atoms with van der Waals surface area (Å²) >= 11 is 0. The molecule has 1 saturated carbocycles. The highest BCUT2D eigenvalue weighted by Crippen LogP contribution is 2.26. The van der Waals surface area contributed by atoms with E-state index >= 15 is 0 Å². The van der Waals surface area contributed by atoms with E-state index in [-0.39, 0.29) is 11.4 Å². The first kappa shape index (κ1) is 14.5. The van der Waals surface area contributed by atoms with E-state index in [1.807, 2.05) is 13.8 Å². The maximum Gasteiger partial charge on any atom is 0.220 e. The summed E-state index contributed by atoms with van der Waals surface area (Å²) < 4.78 is 0. The van der Waals surface area contributed by atoms with Gasteiger partial charge in [0, 0.05) is 18.0 Å². The Kier molecular flexibility index (Phi) is 5.44. The standard InChI is InChI=1S/C14H28N2O/c1-4-11-6-5-7-12(10-11)16-13(17)8-9-14(2,3)15/h11-12H,4-10,15H2,1-3H3,(H,16,17). The van der Waals surface area contributed by atoms with E-state index in [9.17, 15) is 4.79 Å². The Labute approximate surface area is 106 Å². The van der Waals surface area contributed by atoms with Crippen LogP contribution in [0.3, 0.4) is 0 Å². The molecule has 0 heterocycles. The molecule has 3 heteroatoms. The fourth-order valence-electron chi connectivity index (χ4n) is 2.53. The van der Waals surface area contributed by atoms with E-state index in [0.29, 0.717) is 12.5 Å². The Morgan fingerprint density at radius 2 is 2.12 bits per heavy atom. The van der Waals surface area contributed by atoms with Gasteiger partial charge >= 0.3 is 0 Å². The Hall–Kier alpha value is -0.570. The Balaban J connectivity index is 2.26. The second kappa shape index (κ2) is 6.39. The van der Waals surface area contributed by atoms with Crippen molar-refractivity contribution in [2.24, 2.45) is 11.7 Å². The molecule has 0 aromatic carbocycles. The lowest BCUT2D eigenvalue weighted by Gasteiger charge is -2.29. The molecule has 17 heavy (non-hydrogen) atoms. The average molecular weight is 240 g/mol. The molecule has 3 N–H and O–H groups in total. The van der Waals surface area contributed by atoms with E-state index in [4.69, 9.17) is 5.73 Å². The van der Waals surface area contributed by atoms with E-state index in [1.54, 1.807) is 0 Å². The lowest BCUT2D eigenvalue weighted by molar-refractivity contribution is -0.122. The van der Waals surface area contributed by atoms with Crippen LogP contribution >= 0.6 is 0 Å². The molecule has 0 aromatic rings. The summed E-state index contributed by atoms with van der Waals surface area (Å²) in [7, 11) is 0. The zero-order valence-corrected chi connectivity index (χ0v) is 11.6. The predicted octanol–water partition coefficient (Wildman–Crippen LogP) is 2.59. The van der Waals surface area contributed by atoms with E-state index in [0.717, 1.165) is 25.2 Å². The SMILES string of the molecule is CCC1CCCC(NC(=O)CCC(C)(C)N)C1. The molecule has 1 aliphatic rings. The van der Waals surface area contributed by atoms with Crippen LogP contribution in [0.25, 0.3) is 0 Å². The first-order chi connectivity index (χ1) is 7.90. The highest BCUT2D eigenvalue weighted by Gasteiger charge is 2.22. The third-order valence-corrected chi connectivity index (χ3v) is 3.72. The van der Waals surface area contributed by atoms with Gasteiger partial charge in [-0.05, 0) is 39.0 Å². The van der Waals surface area contributed by atoms with E-state index < -0.39 is 0 Å². The van der Waals surface area contributed by atoms with Crippen molar-refractivity contribution < 1.29 is 4.79 Å². The highest BCUT2D eigenvalue weighted by molar-refractivity contribution is 5.76. The van der Waals surface area contributed by atoms with E-state index in [1.165, 1.54) is 19.3 Å². The quantitative estimate of drug-likeness (QED) is 0.776. The minimum absolute atomic E-state index is 0.172. The van der Waals surface area contributed by atoms with Gasteiger partial charge < -0.3 is 11.1 Å². The first-order valence-electron chi connectivity index (χ1n) is 6.99. The summed E-state index contributed by atoms with van der Waals surface area (Å²) in [5.74, 6) is 0.977. The Morgan fingerprint density at radius 1 is 1.41 bits per heavy atom. The van der Waals surface area contributed by atoms with Crippen LogP contribution in [0.15, 0.2) is 0 Å². The molecule has 0 saturated heterocycles. The van der Waals surface area contributed by atoms with Crippen molar-refractivity contribution in [3.8, 4) is 0 Å². The number of carbonyl (C=O) groups excluding carboxylic acids is 1. The summed E-state index contributed by atoms with van der Waals surface area (Å²) in [5.41, 5.74) is 5.64. The minimum atomic E-state index is -0.240. The van der Waals surface area contributed by atoms with Gasteiger partial charge in [0.2, 0.25) is 5.91 Å². The normalized spacial score (nSPS) is 25.6. The molecule has 100 valence electrons. The predicted molar refractivity (Wildman–Crippen MR) is 71.7 cm³/mol. The lowest BCUT2D eigenvalue weighted by atomic mass is 9.84. The van der Waals surface area contributed by atoms with Crippen molar-refractivity contribution in [2.45, 2.75) is 77.3 Å². The third kappa shape index (κ3) is 6.06. The summed E-state index contributed by atoms with van der Waals surface area (Å²) in [5, 5.41) is 3.16. The molecule has 1 amide bonds. The van der Waals surface area contributed by atoms with Crippen molar-refractivity contribution in [3.05, 3.63) is 0 Å². The van der Waals surface area contributed by atoms with E-state index in [2.05, 4.69) is 12.2 Å². The van der Waals surface area contributed by atoms with Crippen LogP contribution in [-0.4, -0.2) is 17.5 Å². The second-order valence-electron chi connectivity index (χ2n) is 6.19. The number of amides is 1. The second-order valence-corrected chi connectivity index (χ2v) is 6.19. The number of hydrogen-bond acceptors (Lipinski definition) is 2. The highest BCUT2D eigenvalue weighted by atomic mass is 16.1. The van der Waals surface area contributed by atoms with Gasteiger partial charge in [0.25, 0.3) is 0 Å². The summed E-state index contributed by atoms with van der Waals surface area (Å²) in [4.78, 5) is 11.8. The Bertz CT molecular complexity index is 245. The van der Waals surface area contributed by atoms with Crippen LogP contribution < -0.4 is 11.1 Å². The Morgan fingerprint density at radius 3 is 2.71 bits per heavy atom. The average Bonchev–Trinajstić information content (AvgIpc) is 2.26. The topological polar surface area (TPSA) is 55.1 Å². The van der Waals surface area contributed by atoms with Gasteiger partial charge in [-0.1, -0.05) is 26.2 Å². The molecule has 3 nitrogen and oxygen atoms in total. The fraction of sp³-hybridized carbons (Fsp3) is 0.929. The molecule has 2 atom stereocenters. The van der Waals surface area contributed by atoms with Crippen LogP contribution in [0.5, 0.6) is 0 Å². The van der Waals surface area contributed by atoms with Gasteiger partial charge in [-0.15, -0.1) is 0 Å². The van der Waals surface area contributed by atoms with Crippen LogP contribution in [0, 0.1) is 5.92 Å². The fourth-order valence-corrected chi connectivity index (χ4v) is 2.53. The maximum absolute atomic E-state index is 11.8. The van der Waals surface area contributed by atoms with Crippen LogP contribution in [0.2, 0.25) is 0 Å². The largest absolute Gasteiger partial charge is 0.353 e.